The molecule has 1 unspecified atom stereocenters. The molecule has 0 spiro atoms. The number of carboxylic acids is 1. The minimum Gasteiger partial charge on any atom is -0.478 e. The Kier molecular flexibility index (Phi) is 7.10. The van der Waals surface area contributed by atoms with E-state index in [0.29, 0.717) is 22.9 Å². The molecule has 6 heteroatoms. The lowest BCUT2D eigenvalue weighted by atomic mass is 9.97. The van der Waals surface area contributed by atoms with Gasteiger partial charge in [-0.15, -0.1) is 0 Å². The lowest BCUT2D eigenvalue weighted by Gasteiger charge is -2.10. The molecule has 0 aliphatic carbocycles. The van der Waals surface area contributed by atoms with Crippen LogP contribution in [-0.4, -0.2) is 23.7 Å². The first-order chi connectivity index (χ1) is 11.0. The molecular formula is C17H18O5P+. The molecule has 0 radical (unpaired) electrons. The van der Waals surface area contributed by atoms with Crippen LogP contribution in [0.1, 0.15) is 22.8 Å². The predicted octanol–water partition coefficient (Wildman–Crippen LogP) is 3.41. The minimum atomic E-state index is -0.979. The average molecular weight is 333 g/mol. The van der Waals surface area contributed by atoms with Crippen molar-refractivity contribution in [3.63, 3.8) is 0 Å². The summed E-state index contributed by atoms with van der Waals surface area (Å²) in [6.45, 7) is 5.20. The van der Waals surface area contributed by atoms with E-state index < -0.39 is 11.9 Å². The zero-order valence-electron chi connectivity index (χ0n) is 12.7. The standard InChI is InChI=1S/C17H16O4.H2OP/c1-11(2)17(20)21-10-9-13-8-7-12-5-3-4-6-14(12)15(13)16(18)19;1-2/h3-8H,1,9-10H2,2H3,(H,18,19);2H2/q;+1. The fourth-order valence-electron chi connectivity index (χ4n) is 2.15. The first-order valence-electron chi connectivity index (χ1n) is 6.81. The van der Waals surface area contributed by atoms with Gasteiger partial charge in [0.15, 0.2) is 0 Å². The van der Waals surface area contributed by atoms with E-state index in [1.807, 2.05) is 18.2 Å². The van der Waals surface area contributed by atoms with Gasteiger partial charge in [0.25, 0.3) is 0 Å². The van der Waals surface area contributed by atoms with E-state index in [2.05, 4.69) is 6.58 Å². The summed E-state index contributed by atoms with van der Waals surface area (Å²) in [6.07, 6.45) is 0.353. The van der Waals surface area contributed by atoms with Crippen LogP contribution in [0.5, 0.6) is 0 Å². The van der Waals surface area contributed by atoms with Gasteiger partial charge in [-0.25, -0.2) is 9.59 Å². The zero-order chi connectivity index (χ0) is 17.4. The number of hydrogen-bond acceptors (Lipinski definition) is 4. The number of carbonyl (C=O) groups excluding carboxylic acids is 1. The Morgan fingerprint density at radius 2 is 1.83 bits per heavy atom. The van der Waals surface area contributed by atoms with Gasteiger partial charge in [0.2, 0.25) is 0 Å². The highest BCUT2D eigenvalue weighted by Gasteiger charge is 2.14. The maximum Gasteiger partial charge on any atom is 0.336 e. The Morgan fingerprint density at radius 3 is 2.43 bits per heavy atom. The molecule has 23 heavy (non-hydrogen) atoms. The van der Waals surface area contributed by atoms with Gasteiger partial charge >= 0.3 is 21.1 Å². The van der Waals surface area contributed by atoms with Crippen molar-refractivity contribution < 1.29 is 24.0 Å². The van der Waals surface area contributed by atoms with Crippen LogP contribution in [0.2, 0.25) is 0 Å². The first kappa shape index (κ1) is 18.5. The second kappa shape index (κ2) is 8.81. The van der Waals surface area contributed by atoms with Crippen LogP contribution < -0.4 is 0 Å². The molecule has 0 aliphatic heterocycles. The molecule has 0 bridgehead atoms. The van der Waals surface area contributed by atoms with Gasteiger partial charge in [-0.3, -0.25) is 0 Å². The summed E-state index contributed by atoms with van der Waals surface area (Å²) in [5.74, 6) is -1.44. The van der Waals surface area contributed by atoms with Crippen molar-refractivity contribution in [1.82, 2.24) is 0 Å². The quantitative estimate of drug-likeness (QED) is 0.515. The molecular weight excluding hydrogens is 315 g/mol. The van der Waals surface area contributed by atoms with Crippen molar-refractivity contribution in [3.05, 3.63) is 59.7 Å². The molecule has 0 saturated carbocycles. The van der Waals surface area contributed by atoms with E-state index in [-0.39, 0.29) is 12.2 Å². The minimum absolute atomic E-state index is 0.129. The smallest absolute Gasteiger partial charge is 0.336 e. The molecule has 120 valence electrons. The van der Waals surface area contributed by atoms with Crippen LogP contribution in [0.25, 0.3) is 10.8 Å². The molecule has 2 aromatic carbocycles. The lowest BCUT2D eigenvalue weighted by Crippen LogP contribution is -2.11. The highest BCUT2D eigenvalue weighted by molar-refractivity contribution is 7.00. The number of benzene rings is 2. The Bertz CT molecular complexity index is 739. The van der Waals surface area contributed by atoms with Gasteiger partial charge in [-0.2, -0.15) is 0 Å². The maximum absolute atomic E-state index is 11.5. The second-order valence-corrected chi connectivity index (χ2v) is 4.79. The van der Waals surface area contributed by atoms with E-state index in [1.165, 1.54) is 9.12 Å². The van der Waals surface area contributed by atoms with Crippen LogP contribution >= 0.6 is 9.12 Å². The van der Waals surface area contributed by atoms with Crippen molar-refractivity contribution in [3.8, 4) is 0 Å². The van der Waals surface area contributed by atoms with E-state index in [4.69, 9.17) is 9.30 Å². The topological polar surface area (TPSA) is 80.7 Å². The van der Waals surface area contributed by atoms with E-state index in [9.17, 15) is 14.7 Å². The monoisotopic (exact) mass is 333 g/mol. The normalized spacial score (nSPS) is 9.61. The third kappa shape index (κ3) is 4.73. The Balaban J connectivity index is 0.00000127. The summed E-state index contributed by atoms with van der Waals surface area (Å²) in [4.78, 5) is 22.8. The van der Waals surface area contributed by atoms with Crippen LogP contribution in [0, 0.1) is 0 Å². The number of fused-ring (bicyclic) bond motifs is 1. The molecule has 2 aromatic rings. The van der Waals surface area contributed by atoms with Crippen molar-refractivity contribution in [2.75, 3.05) is 6.61 Å². The number of carboxylic acid groups (broad SMARTS) is 1. The summed E-state index contributed by atoms with van der Waals surface area (Å²) in [5, 5.41) is 11.0. The predicted molar refractivity (Wildman–Crippen MR) is 90.8 cm³/mol. The highest BCUT2D eigenvalue weighted by Crippen LogP contribution is 2.23. The molecule has 2 rings (SSSR count). The fourth-order valence-corrected chi connectivity index (χ4v) is 2.15. The van der Waals surface area contributed by atoms with Crippen molar-refractivity contribution in [1.29, 1.82) is 0 Å². The number of rotatable bonds is 5. The zero-order valence-corrected chi connectivity index (χ0v) is 13.9. The van der Waals surface area contributed by atoms with E-state index >= 15 is 0 Å². The Morgan fingerprint density at radius 1 is 1.17 bits per heavy atom. The summed E-state index contributed by atoms with van der Waals surface area (Å²) in [5.41, 5.74) is 1.24. The van der Waals surface area contributed by atoms with Crippen molar-refractivity contribution >= 4 is 31.8 Å². The average Bonchev–Trinajstić information content (AvgIpc) is 2.55. The molecule has 0 fully saturated rings. The first-order valence-corrected chi connectivity index (χ1v) is 7.28. The molecule has 1 N–H and O–H groups in total. The van der Waals surface area contributed by atoms with Gasteiger partial charge in [0.05, 0.1) is 12.2 Å². The largest absolute Gasteiger partial charge is 0.478 e. The summed E-state index contributed by atoms with van der Waals surface area (Å²) in [6, 6.07) is 11.0. The van der Waals surface area contributed by atoms with Crippen LogP contribution in [0.3, 0.4) is 0 Å². The fraction of sp³-hybridized carbons (Fsp3) is 0.176. The van der Waals surface area contributed by atoms with Gasteiger partial charge in [0, 0.05) is 12.0 Å². The Labute approximate surface area is 136 Å². The van der Waals surface area contributed by atoms with Crippen LogP contribution in [-0.2, 0) is 20.5 Å². The molecule has 0 amide bonds. The van der Waals surface area contributed by atoms with Crippen molar-refractivity contribution in [2.45, 2.75) is 13.3 Å². The summed E-state index contributed by atoms with van der Waals surface area (Å²) >= 11 is 0. The van der Waals surface area contributed by atoms with Gasteiger partial charge in [-0.05, 0) is 23.3 Å². The highest BCUT2D eigenvalue weighted by atomic mass is 31.0. The van der Waals surface area contributed by atoms with Crippen LogP contribution in [0.4, 0.5) is 0 Å². The second-order valence-electron chi connectivity index (χ2n) is 4.79. The Hall–Kier alpha value is -2.52. The van der Waals surface area contributed by atoms with E-state index in [1.54, 1.807) is 25.1 Å². The van der Waals surface area contributed by atoms with Crippen molar-refractivity contribution in [2.24, 2.45) is 0 Å². The number of aromatic carboxylic acids is 1. The SMILES string of the molecule is C=C(C)C(=O)OCCc1ccc2ccccc2c1C(=O)O.O=[PH2+]. The number of ether oxygens (including phenoxy) is 1. The molecule has 1 atom stereocenters. The summed E-state index contributed by atoms with van der Waals surface area (Å²) < 4.78 is 13.2. The lowest BCUT2D eigenvalue weighted by molar-refractivity contribution is -0.138. The number of esters is 1. The van der Waals surface area contributed by atoms with Gasteiger partial charge in [0.1, 0.15) is 0 Å². The van der Waals surface area contributed by atoms with Crippen LogP contribution in [0.15, 0.2) is 48.6 Å². The molecule has 0 heterocycles. The number of carbonyl (C=O) groups is 2. The molecule has 5 nitrogen and oxygen atoms in total. The molecule has 0 saturated heterocycles. The summed E-state index contributed by atoms with van der Waals surface area (Å²) in [7, 11) is 1.17. The third-order valence-electron chi connectivity index (χ3n) is 3.18. The maximum atomic E-state index is 11.5. The molecule has 0 aromatic heterocycles. The van der Waals surface area contributed by atoms with E-state index in [0.717, 1.165) is 5.39 Å². The molecule has 0 aliphatic rings. The van der Waals surface area contributed by atoms with Gasteiger partial charge in [-0.1, -0.05) is 47.5 Å². The van der Waals surface area contributed by atoms with Gasteiger partial charge < -0.3 is 9.84 Å². The third-order valence-corrected chi connectivity index (χ3v) is 3.18. The number of hydrogen-bond donors (Lipinski definition) is 1.